The second-order valence-corrected chi connectivity index (χ2v) is 7.15. The van der Waals surface area contributed by atoms with E-state index in [2.05, 4.69) is 5.32 Å². The summed E-state index contributed by atoms with van der Waals surface area (Å²) in [6.45, 7) is -0.384. The van der Waals surface area contributed by atoms with E-state index >= 15 is 0 Å². The van der Waals surface area contributed by atoms with E-state index in [1.807, 2.05) is 0 Å². The lowest BCUT2D eigenvalue weighted by Crippen LogP contribution is -2.43. The molecule has 1 aliphatic heterocycles. The van der Waals surface area contributed by atoms with Crippen LogP contribution in [0.25, 0.3) is 11.1 Å². The Hall–Kier alpha value is -3.82. The average Bonchev–Trinajstić information content (AvgIpc) is 2.74. The lowest BCUT2D eigenvalue weighted by Gasteiger charge is -2.28. The highest BCUT2D eigenvalue weighted by Gasteiger charge is 2.32. The zero-order valence-corrected chi connectivity index (χ0v) is 16.6. The molecule has 0 aliphatic carbocycles. The minimum atomic E-state index is -4.41. The number of hydrogen-bond acceptors (Lipinski definition) is 4. The number of carboxylic acids is 1. The van der Waals surface area contributed by atoms with Crippen LogP contribution in [0, 0.1) is 0 Å². The maximum Gasteiger partial charge on any atom is 0.416 e. The molecule has 2 aromatic carbocycles. The highest BCUT2D eigenvalue weighted by molar-refractivity contribution is 6.19. The Morgan fingerprint density at radius 3 is 2.09 bits per heavy atom. The Kier molecular flexibility index (Phi) is 6.52. The predicted octanol–water partition coefficient (Wildman–Crippen LogP) is 3.12. The largest absolute Gasteiger partial charge is 0.511 e. The van der Waals surface area contributed by atoms with Gasteiger partial charge in [-0.15, -0.1) is 0 Å². The lowest BCUT2D eigenvalue weighted by atomic mass is 10.0. The Bertz CT molecular complexity index is 1060. The second-order valence-electron chi connectivity index (χ2n) is 7.15. The Morgan fingerprint density at radius 2 is 1.56 bits per heavy atom. The zero-order valence-electron chi connectivity index (χ0n) is 16.6. The monoisotopic (exact) mass is 448 g/mol. The quantitative estimate of drug-likeness (QED) is 0.589. The van der Waals surface area contributed by atoms with Crippen LogP contribution in [0.15, 0.2) is 59.9 Å². The summed E-state index contributed by atoms with van der Waals surface area (Å²) in [5, 5.41) is 20.7. The normalized spacial score (nSPS) is 14.5. The van der Waals surface area contributed by atoms with Crippen molar-refractivity contribution in [2.75, 3.05) is 13.1 Å². The molecule has 0 bridgehead atoms. The number of nitrogens with zero attached hydrogens (tertiary/aromatic N) is 1. The molecule has 2 aromatic rings. The smallest absolute Gasteiger partial charge is 0.416 e. The summed E-state index contributed by atoms with van der Waals surface area (Å²) in [5.74, 6) is -3.36. The molecule has 0 unspecified atom stereocenters. The maximum atomic E-state index is 12.7. The molecule has 1 heterocycles. The number of aliphatic hydroxyl groups excluding tert-OH is 1. The van der Waals surface area contributed by atoms with Crippen molar-refractivity contribution in [3.05, 3.63) is 71.0 Å². The van der Waals surface area contributed by atoms with Gasteiger partial charge in [0, 0.05) is 19.5 Å². The molecule has 0 radical (unpaired) electrons. The van der Waals surface area contributed by atoms with Gasteiger partial charge in [0.05, 0.1) is 5.56 Å². The number of nitrogens with one attached hydrogen (secondary N) is 1. The third kappa shape index (κ3) is 5.26. The van der Waals surface area contributed by atoms with Gasteiger partial charge in [-0.2, -0.15) is 13.2 Å². The van der Waals surface area contributed by atoms with Gasteiger partial charge in [-0.25, -0.2) is 0 Å². The number of aliphatic hydroxyl groups is 1. The van der Waals surface area contributed by atoms with Gasteiger partial charge in [-0.05, 0) is 28.8 Å². The molecular formula is C22H19F3N2O5. The van der Waals surface area contributed by atoms with Gasteiger partial charge in [0.25, 0.3) is 11.8 Å². The van der Waals surface area contributed by atoms with Crippen LogP contribution in [0.4, 0.5) is 13.2 Å². The summed E-state index contributed by atoms with van der Waals surface area (Å²) in [5.41, 5.74) is 0.781. The molecule has 0 fully saturated rings. The van der Waals surface area contributed by atoms with Gasteiger partial charge in [-0.3, -0.25) is 14.4 Å². The standard InChI is InChI=1S/C22H19F3N2O5/c23-22(24,25)16-7-5-15(6-8-16)14-3-1-13(2-4-14)12-27-10-9-17(28)19(21(27)32)20(31)26-11-18(29)30/h1-8,28H,9-12H2,(H,26,31)(H,29,30). The van der Waals surface area contributed by atoms with Gasteiger partial charge in [0.1, 0.15) is 17.9 Å². The topological polar surface area (TPSA) is 107 Å². The van der Waals surface area contributed by atoms with Crippen LogP contribution in [0.3, 0.4) is 0 Å². The number of carbonyl (C=O) groups excluding carboxylic acids is 2. The fraction of sp³-hybridized carbons (Fsp3) is 0.227. The van der Waals surface area contributed by atoms with Crippen LogP contribution in [0.5, 0.6) is 0 Å². The molecule has 168 valence electrons. The van der Waals surface area contributed by atoms with E-state index in [1.54, 1.807) is 24.3 Å². The average molecular weight is 448 g/mol. The first kappa shape index (κ1) is 22.9. The summed E-state index contributed by atoms with van der Waals surface area (Å²) < 4.78 is 38.1. The number of carboxylic acid groups (broad SMARTS) is 1. The molecule has 0 atom stereocenters. The van der Waals surface area contributed by atoms with Gasteiger partial charge in [0.2, 0.25) is 0 Å². The van der Waals surface area contributed by atoms with Crippen LogP contribution < -0.4 is 5.32 Å². The minimum absolute atomic E-state index is 0.0468. The highest BCUT2D eigenvalue weighted by Crippen LogP contribution is 2.31. The molecule has 2 amide bonds. The van der Waals surface area contributed by atoms with Gasteiger partial charge in [0.15, 0.2) is 0 Å². The van der Waals surface area contributed by atoms with Crippen molar-refractivity contribution < 1.29 is 37.8 Å². The van der Waals surface area contributed by atoms with Crippen molar-refractivity contribution in [3.63, 3.8) is 0 Å². The van der Waals surface area contributed by atoms with E-state index < -0.39 is 47.4 Å². The van der Waals surface area contributed by atoms with E-state index in [0.29, 0.717) is 16.7 Å². The number of hydrogen-bond donors (Lipinski definition) is 3. The molecule has 0 spiro atoms. The molecule has 0 saturated carbocycles. The first-order valence-electron chi connectivity index (χ1n) is 9.54. The molecule has 32 heavy (non-hydrogen) atoms. The number of rotatable bonds is 6. The fourth-order valence-corrected chi connectivity index (χ4v) is 3.25. The van der Waals surface area contributed by atoms with E-state index in [4.69, 9.17) is 5.11 Å². The third-order valence-electron chi connectivity index (χ3n) is 4.91. The molecule has 3 rings (SSSR count). The predicted molar refractivity (Wildman–Crippen MR) is 107 cm³/mol. The molecule has 0 saturated heterocycles. The van der Waals surface area contributed by atoms with Crippen molar-refractivity contribution in [1.29, 1.82) is 0 Å². The van der Waals surface area contributed by atoms with Crippen molar-refractivity contribution in [3.8, 4) is 11.1 Å². The van der Waals surface area contributed by atoms with Crippen LogP contribution in [0.1, 0.15) is 17.5 Å². The zero-order chi connectivity index (χ0) is 23.5. The van der Waals surface area contributed by atoms with Crippen molar-refractivity contribution in [2.24, 2.45) is 0 Å². The lowest BCUT2D eigenvalue weighted by molar-refractivity contribution is -0.138. The Morgan fingerprint density at radius 1 is 1.00 bits per heavy atom. The summed E-state index contributed by atoms with van der Waals surface area (Å²) in [4.78, 5) is 36.7. The van der Waals surface area contributed by atoms with E-state index in [0.717, 1.165) is 12.1 Å². The first-order valence-corrected chi connectivity index (χ1v) is 9.54. The minimum Gasteiger partial charge on any atom is -0.511 e. The SMILES string of the molecule is O=C(O)CNC(=O)C1=C(O)CCN(Cc2ccc(-c3ccc(C(F)(F)F)cc3)cc2)C1=O. The molecule has 3 N–H and O–H groups in total. The molecule has 1 aliphatic rings. The highest BCUT2D eigenvalue weighted by atomic mass is 19.4. The van der Waals surface area contributed by atoms with Gasteiger partial charge < -0.3 is 20.4 Å². The number of aliphatic carboxylic acids is 1. The summed E-state index contributed by atoms with van der Waals surface area (Å²) in [6.07, 6.45) is -4.36. The van der Waals surface area contributed by atoms with Crippen molar-refractivity contribution in [2.45, 2.75) is 19.1 Å². The van der Waals surface area contributed by atoms with Gasteiger partial charge >= 0.3 is 12.1 Å². The number of carbonyl (C=O) groups is 3. The van der Waals surface area contributed by atoms with E-state index in [9.17, 15) is 32.7 Å². The number of halogens is 3. The van der Waals surface area contributed by atoms with Crippen LogP contribution in [-0.2, 0) is 27.1 Å². The maximum absolute atomic E-state index is 12.7. The third-order valence-corrected chi connectivity index (χ3v) is 4.91. The van der Waals surface area contributed by atoms with E-state index in [-0.39, 0.29) is 19.5 Å². The Labute approximate surface area is 180 Å². The summed E-state index contributed by atoms with van der Waals surface area (Å²) in [7, 11) is 0. The molecular weight excluding hydrogens is 429 g/mol. The number of amides is 2. The van der Waals surface area contributed by atoms with Crippen molar-refractivity contribution >= 4 is 17.8 Å². The number of alkyl halides is 3. The summed E-state index contributed by atoms with van der Waals surface area (Å²) >= 11 is 0. The van der Waals surface area contributed by atoms with E-state index in [1.165, 1.54) is 17.0 Å². The second kappa shape index (κ2) is 9.13. The molecule has 0 aromatic heterocycles. The number of benzene rings is 2. The fourth-order valence-electron chi connectivity index (χ4n) is 3.25. The molecule has 7 nitrogen and oxygen atoms in total. The Balaban J connectivity index is 1.69. The summed E-state index contributed by atoms with van der Waals surface area (Å²) in [6, 6.07) is 11.6. The first-order chi connectivity index (χ1) is 15.1. The van der Waals surface area contributed by atoms with Crippen molar-refractivity contribution in [1.82, 2.24) is 10.2 Å². The molecule has 10 heteroatoms. The van der Waals surface area contributed by atoms with Crippen LogP contribution >= 0.6 is 0 Å². The van der Waals surface area contributed by atoms with Crippen LogP contribution in [-0.4, -0.2) is 46.0 Å². The van der Waals surface area contributed by atoms with Crippen LogP contribution in [0.2, 0.25) is 0 Å². The van der Waals surface area contributed by atoms with Gasteiger partial charge in [-0.1, -0.05) is 36.4 Å².